The van der Waals surface area contributed by atoms with Crippen LogP contribution in [0.3, 0.4) is 0 Å². The Hall–Kier alpha value is -2.03. The SMILES string of the molecule is CN/C=C(/C#N)C(=O)NC(C(=O)O)C(C)C. The summed E-state index contributed by atoms with van der Waals surface area (Å²) < 4.78 is 0. The lowest BCUT2D eigenvalue weighted by molar-refractivity contribution is -0.142. The molecule has 0 bridgehead atoms. The summed E-state index contributed by atoms with van der Waals surface area (Å²) in [5.74, 6) is -2.07. The fourth-order valence-corrected chi connectivity index (χ4v) is 1.03. The molecule has 1 atom stereocenters. The standard InChI is InChI=1S/C10H15N3O3/c1-6(2)8(10(15)16)13-9(14)7(4-11)5-12-3/h5-6,8,12H,1-3H3,(H,13,14)(H,15,16)/b7-5-. The first-order chi connectivity index (χ1) is 7.43. The molecule has 1 amide bonds. The van der Waals surface area contributed by atoms with Crippen LogP contribution in [0.15, 0.2) is 11.8 Å². The second-order valence-corrected chi connectivity index (χ2v) is 3.49. The molecular formula is C10H15N3O3. The molecule has 0 fully saturated rings. The van der Waals surface area contributed by atoms with E-state index in [1.807, 2.05) is 0 Å². The van der Waals surface area contributed by atoms with Crippen molar-refractivity contribution in [3.63, 3.8) is 0 Å². The number of carboxylic acids is 1. The molecular weight excluding hydrogens is 210 g/mol. The number of carboxylic acid groups (broad SMARTS) is 1. The van der Waals surface area contributed by atoms with Gasteiger partial charge in [-0.2, -0.15) is 5.26 Å². The van der Waals surface area contributed by atoms with E-state index in [0.29, 0.717) is 0 Å². The van der Waals surface area contributed by atoms with Crippen molar-refractivity contribution < 1.29 is 14.7 Å². The van der Waals surface area contributed by atoms with Gasteiger partial charge < -0.3 is 15.7 Å². The molecule has 0 spiro atoms. The highest BCUT2D eigenvalue weighted by molar-refractivity contribution is 5.99. The van der Waals surface area contributed by atoms with Crippen molar-refractivity contribution in [1.29, 1.82) is 5.26 Å². The van der Waals surface area contributed by atoms with Crippen molar-refractivity contribution in [1.82, 2.24) is 10.6 Å². The smallest absolute Gasteiger partial charge is 0.326 e. The highest BCUT2D eigenvalue weighted by atomic mass is 16.4. The van der Waals surface area contributed by atoms with Crippen LogP contribution in [-0.4, -0.2) is 30.1 Å². The van der Waals surface area contributed by atoms with Gasteiger partial charge in [-0.3, -0.25) is 4.79 Å². The molecule has 6 heteroatoms. The van der Waals surface area contributed by atoms with Gasteiger partial charge in [-0.1, -0.05) is 13.8 Å². The lowest BCUT2D eigenvalue weighted by Crippen LogP contribution is -2.44. The fourth-order valence-electron chi connectivity index (χ4n) is 1.03. The molecule has 0 saturated heterocycles. The average molecular weight is 225 g/mol. The summed E-state index contributed by atoms with van der Waals surface area (Å²) in [6.45, 7) is 3.35. The molecule has 0 aliphatic heterocycles. The van der Waals surface area contributed by atoms with E-state index in [1.54, 1.807) is 27.0 Å². The van der Waals surface area contributed by atoms with E-state index in [0.717, 1.165) is 0 Å². The predicted octanol–water partition coefficient (Wildman–Crippen LogP) is -0.161. The molecule has 0 aromatic rings. The number of aliphatic carboxylic acids is 1. The number of carbonyl (C=O) groups excluding carboxylic acids is 1. The Bertz CT molecular complexity index is 342. The average Bonchev–Trinajstić information content (AvgIpc) is 2.21. The molecule has 0 saturated carbocycles. The Morgan fingerprint density at radius 1 is 1.44 bits per heavy atom. The molecule has 0 rings (SSSR count). The first-order valence-electron chi connectivity index (χ1n) is 4.75. The molecule has 0 radical (unpaired) electrons. The largest absolute Gasteiger partial charge is 0.480 e. The van der Waals surface area contributed by atoms with Gasteiger partial charge in [0, 0.05) is 13.2 Å². The van der Waals surface area contributed by atoms with Gasteiger partial charge in [0.2, 0.25) is 0 Å². The third-order valence-corrected chi connectivity index (χ3v) is 1.87. The summed E-state index contributed by atoms with van der Waals surface area (Å²) in [6.07, 6.45) is 1.22. The first-order valence-corrected chi connectivity index (χ1v) is 4.75. The summed E-state index contributed by atoms with van der Waals surface area (Å²) in [5, 5.41) is 22.3. The van der Waals surface area contributed by atoms with Gasteiger partial charge >= 0.3 is 5.97 Å². The minimum Gasteiger partial charge on any atom is -0.480 e. The molecule has 6 nitrogen and oxygen atoms in total. The van der Waals surface area contributed by atoms with Crippen LogP contribution >= 0.6 is 0 Å². The maximum Gasteiger partial charge on any atom is 0.326 e. The molecule has 0 aromatic carbocycles. The summed E-state index contributed by atoms with van der Waals surface area (Å²) in [6, 6.07) is 0.681. The molecule has 0 heterocycles. The van der Waals surface area contributed by atoms with Gasteiger partial charge in [0.15, 0.2) is 0 Å². The molecule has 3 N–H and O–H groups in total. The molecule has 0 aliphatic carbocycles. The Morgan fingerprint density at radius 3 is 2.31 bits per heavy atom. The summed E-state index contributed by atoms with van der Waals surface area (Å²) >= 11 is 0. The van der Waals surface area contributed by atoms with Crippen molar-refractivity contribution in [2.45, 2.75) is 19.9 Å². The van der Waals surface area contributed by atoms with Crippen molar-refractivity contribution >= 4 is 11.9 Å². The third kappa shape index (κ3) is 4.00. The van der Waals surface area contributed by atoms with Crippen LogP contribution < -0.4 is 10.6 Å². The third-order valence-electron chi connectivity index (χ3n) is 1.87. The Morgan fingerprint density at radius 2 is 2.00 bits per heavy atom. The maximum absolute atomic E-state index is 11.5. The van der Waals surface area contributed by atoms with Crippen molar-refractivity contribution in [2.75, 3.05) is 7.05 Å². The monoisotopic (exact) mass is 225 g/mol. The number of nitriles is 1. The van der Waals surface area contributed by atoms with Crippen molar-refractivity contribution in [3.05, 3.63) is 11.8 Å². The number of hydrogen-bond acceptors (Lipinski definition) is 4. The minimum atomic E-state index is -1.12. The predicted molar refractivity (Wildman–Crippen MR) is 57.2 cm³/mol. The van der Waals surface area contributed by atoms with E-state index in [-0.39, 0.29) is 11.5 Å². The zero-order chi connectivity index (χ0) is 12.7. The van der Waals surface area contributed by atoms with Gasteiger partial charge in [0.1, 0.15) is 17.7 Å². The molecule has 88 valence electrons. The number of hydrogen-bond donors (Lipinski definition) is 3. The maximum atomic E-state index is 11.5. The van der Waals surface area contributed by atoms with Crippen LogP contribution in [-0.2, 0) is 9.59 Å². The van der Waals surface area contributed by atoms with Gasteiger partial charge in [-0.25, -0.2) is 4.79 Å². The van der Waals surface area contributed by atoms with Crippen molar-refractivity contribution in [3.8, 4) is 6.07 Å². The van der Waals surface area contributed by atoms with Gasteiger partial charge in [-0.15, -0.1) is 0 Å². The Balaban J connectivity index is 4.71. The number of carbonyl (C=O) groups is 2. The van der Waals surface area contributed by atoms with Crippen molar-refractivity contribution in [2.24, 2.45) is 5.92 Å². The van der Waals surface area contributed by atoms with Gasteiger partial charge in [0.05, 0.1) is 0 Å². The van der Waals surface area contributed by atoms with E-state index >= 15 is 0 Å². The quantitative estimate of drug-likeness (QED) is 0.445. The highest BCUT2D eigenvalue weighted by Crippen LogP contribution is 2.03. The minimum absolute atomic E-state index is 0.158. The zero-order valence-corrected chi connectivity index (χ0v) is 9.44. The second-order valence-electron chi connectivity index (χ2n) is 3.49. The zero-order valence-electron chi connectivity index (χ0n) is 9.44. The lowest BCUT2D eigenvalue weighted by atomic mass is 10.0. The number of rotatable bonds is 5. The molecule has 1 unspecified atom stereocenters. The van der Waals surface area contributed by atoms with Crippen LogP contribution in [0.25, 0.3) is 0 Å². The fraction of sp³-hybridized carbons (Fsp3) is 0.500. The van der Waals surface area contributed by atoms with E-state index in [4.69, 9.17) is 10.4 Å². The van der Waals surface area contributed by atoms with E-state index < -0.39 is 17.9 Å². The van der Waals surface area contributed by atoms with E-state index in [1.165, 1.54) is 6.20 Å². The van der Waals surface area contributed by atoms with E-state index in [2.05, 4.69) is 10.6 Å². The van der Waals surface area contributed by atoms with Crippen LogP contribution in [0.4, 0.5) is 0 Å². The molecule has 0 aliphatic rings. The Kier molecular flexibility index (Phi) is 5.63. The molecule has 0 aromatic heterocycles. The topological polar surface area (TPSA) is 102 Å². The second kappa shape index (κ2) is 6.45. The summed E-state index contributed by atoms with van der Waals surface area (Å²) in [5.41, 5.74) is -0.158. The number of nitrogens with one attached hydrogen (secondary N) is 2. The van der Waals surface area contributed by atoms with Crippen LogP contribution in [0.2, 0.25) is 0 Å². The normalized spacial score (nSPS) is 12.8. The summed E-state index contributed by atoms with van der Waals surface area (Å²) in [7, 11) is 1.54. The van der Waals surface area contributed by atoms with Crippen LogP contribution in [0.5, 0.6) is 0 Å². The Labute approximate surface area is 93.9 Å². The van der Waals surface area contributed by atoms with Gasteiger partial charge in [0.25, 0.3) is 5.91 Å². The lowest BCUT2D eigenvalue weighted by Gasteiger charge is -2.17. The van der Waals surface area contributed by atoms with E-state index in [9.17, 15) is 9.59 Å². The first kappa shape index (κ1) is 14.0. The number of amides is 1. The van der Waals surface area contributed by atoms with Crippen LogP contribution in [0.1, 0.15) is 13.8 Å². The number of nitrogens with zero attached hydrogens (tertiary/aromatic N) is 1. The highest BCUT2D eigenvalue weighted by Gasteiger charge is 2.24. The van der Waals surface area contributed by atoms with Gasteiger partial charge in [-0.05, 0) is 5.92 Å². The van der Waals surface area contributed by atoms with Crippen LogP contribution in [0, 0.1) is 17.2 Å². The molecule has 16 heavy (non-hydrogen) atoms. The summed E-state index contributed by atoms with van der Waals surface area (Å²) in [4.78, 5) is 22.3.